The highest BCUT2D eigenvalue weighted by Crippen LogP contribution is 2.49. The van der Waals surface area contributed by atoms with Gasteiger partial charge in [0.15, 0.2) is 5.78 Å². The highest BCUT2D eigenvalue weighted by molar-refractivity contribution is 6.03. The monoisotopic (exact) mass is 1140 g/mol. The highest BCUT2D eigenvalue weighted by atomic mass is 16.5. The molecule has 0 radical (unpaired) electrons. The van der Waals surface area contributed by atoms with Crippen LogP contribution in [0.3, 0.4) is 0 Å². The van der Waals surface area contributed by atoms with Crippen molar-refractivity contribution in [1.82, 2.24) is 0 Å². The van der Waals surface area contributed by atoms with Gasteiger partial charge in [-0.1, -0.05) is 194 Å². The van der Waals surface area contributed by atoms with Crippen molar-refractivity contribution in [3.8, 4) is 46.0 Å². The summed E-state index contributed by atoms with van der Waals surface area (Å²) in [6.45, 7) is 10.7. The number of aliphatic hydroxyl groups excluding tert-OH is 1. The predicted molar refractivity (Wildman–Crippen MR) is 335 cm³/mol. The van der Waals surface area contributed by atoms with Crippen molar-refractivity contribution in [2.45, 2.75) is 98.5 Å². The summed E-state index contributed by atoms with van der Waals surface area (Å²) in [5, 5.41) is 11.5. The maximum atomic E-state index is 13.7. The third kappa shape index (κ3) is 14.8. The molecule has 0 aromatic heterocycles. The van der Waals surface area contributed by atoms with Crippen LogP contribution in [0.5, 0.6) is 46.0 Å². The molecular weight excluding hydrogens is 1070 g/mol. The van der Waals surface area contributed by atoms with Crippen molar-refractivity contribution in [2.24, 2.45) is 0 Å². The Hall–Kier alpha value is -9.77. The Balaban J connectivity index is 0.000000179. The van der Waals surface area contributed by atoms with Crippen LogP contribution < -0.4 is 37.9 Å². The molecule has 10 aromatic carbocycles. The number of carbonyl (C=O) groups excluding carboxylic acids is 1. The second-order valence-corrected chi connectivity index (χ2v) is 21.8. The minimum absolute atomic E-state index is 0.0334. The number of carbonyl (C=O) groups is 1. The van der Waals surface area contributed by atoms with E-state index in [-0.39, 0.29) is 18.3 Å². The van der Waals surface area contributed by atoms with Crippen LogP contribution in [0, 0.1) is 27.7 Å². The van der Waals surface area contributed by atoms with E-state index in [1.54, 1.807) is 12.1 Å². The number of hydrogen-bond donors (Lipinski definition) is 1. The van der Waals surface area contributed by atoms with Gasteiger partial charge in [-0.05, 0) is 107 Å². The van der Waals surface area contributed by atoms with E-state index < -0.39 is 12.2 Å². The topological polar surface area (TPSA) is 111 Å². The van der Waals surface area contributed by atoms with Crippen molar-refractivity contribution < 1.29 is 47.8 Å². The lowest BCUT2D eigenvalue weighted by Gasteiger charge is -2.32. The van der Waals surface area contributed by atoms with Gasteiger partial charge in [0.05, 0.1) is 18.1 Å². The van der Waals surface area contributed by atoms with Crippen LogP contribution in [-0.2, 0) is 39.6 Å². The molecule has 2 aliphatic rings. The molecule has 0 fully saturated rings. The molecular formula is C76H70O10. The van der Waals surface area contributed by atoms with Gasteiger partial charge >= 0.3 is 0 Å². The summed E-state index contributed by atoms with van der Waals surface area (Å²) in [6.07, 6.45) is -1.03. The largest absolute Gasteiger partial charge is 0.489 e. The Morgan fingerprint density at radius 2 is 0.721 bits per heavy atom. The van der Waals surface area contributed by atoms with E-state index in [0.717, 1.165) is 78.3 Å². The summed E-state index contributed by atoms with van der Waals surface area (Å²) < 4.78 is 50.5. The molecule has 0 saturated heterocycles. The Labute approximate surface area is 504 Å². The molecule has 10 nitrogen and oxygen atoms in total. The normalized spacial score (nSPS) is 14.8. The molecule has 0 saturated carbocycles. The second-order valence-electron chi connectivity index (χ2n) is 21.8. The zero-order valence-electron chi connectivity index (χ0n) is 48.9. The fraction of sp³-hybridized carbons (Fsp3) is 0.197. The maximum Gasteiger partial charge on any atom is 0.174 e. The summed E-state index contributed by atoms with van der Waals surface area (Å²) >= 11 is 0. The first-order chi connectivity index (χ1) is 42.1. The van der Waals surface area contributed by atoms with E-state index in [1.165, 1.54) is 0 Å². The van der Waals surface area contributed by atoms with Gasteiger partial charge in [0.1, 0.15) is 103 Å². The molecule has 10 heteroatoms. The number of rotatable bonds is 20. The Kier molecular flexibility index (Phi) is 18.7. The first-order valence-corrected chi connectivity index (χ1v) is 29.2. The third-order valence-electron chi connectivity index (χ3n) is 15.5. The molecule has 1 N–H and O–H groups in total. The van der Waals surface area contributed by atoms with Gasteiger partial charge in [-0.15, -0.1) is 0 Å². The van der Waals surface area contributed by atoms with Gasteiger partial charge in [-0.2, -0.15) is 0 Å². The van der Waals surface area contributed by atoms with Gasteiger partial charge in [0.25, 0.3) is 0 Å². The average molecular weight is 1140 g/mol. The van der Waals surface area contributed by atoms with Crippen molar-refractivity contribution >= 4 is 5.78 Å². The van der Waals surface area contributed by atoms with E-state index in [9.17, 15) is 9.90 Å². The molecule has 0 bridgehead atoms. The van der Waals surface area contributed by atoms with Crippen LogP contribution in [0.1, 0.15) is 114 Å². The Morgan fingerprint density at radius 1 is 0.384 bits per heavy atom. The van der Waals surface area contributed by atoms with Crippen molar-refractivity contribution in [3.05, 3.63) is 308 Å². The molecule has 0 spiro atoms. The minimum atomic E-state index is -0.780. The third-order valence-corrected chi connectivity index (χ3v) is 15.5. The number of Topliss-reactive ketones (excluding diaryl/α,β-unsaturated/α-hetero) is 1. The smallest absolute Gasteiger partial charge is 0.174 e. The Morgan fingerprint density at radius 3 is 1.14 bits per heavy atom. The lowest BCUT2D eigenvalue weighted by atomic mass is 9.92. The lowest BCUT2D eigenvalue weighted by molar-refractivity contribution is 0.0616. The predicted octanol–water partition coefficient (Wildman–Crippen LogP) is 17.3. The summed E-state index contributed by atoms with van der Waals surface area (Å²) in [5.41, 5.74) is 13.6. The van der Waals surface area contributed by atoms with Crippen LogP contribution in [0.25, 0.3) is 0 Å². The van der Waals surface area contributed by atoms with Crippen molar-refractivity contribution in [2.75, 3.05) is 0 Å². The second kappa shape index (κ2) is 27.7. The average Bonchev–Trinajstić information content (AvgIpc) is 2.68. The maximum absolute atomic E-state index is 13.7. The van der Waals surface area contributed by atoms with Crippen LogP contribution in [-0.4, -0.2) is 10.9 Å². The van der Waals surface area contributed by atoms with Crippen LogP contribution in [0.15, 0.2) is 231 Å². The van der Waals surface area contributed by atoms with E-state index >= 15 is 0 Å². The highest BCUT2D eigenvalue weighted by Gasteiger charge is 2.34. The number of aryl methyl sites for hydroxylation is 2. The molecule has 2 heterocycles. The molecule has 86 heavy (non-hydrogen) atoms. The molecule has 0 amide bonds. The quantitative estimate of drug-likeness (QED) is 0.0792. The van der Waals surface area contributed by atoms with Crippen LogP contribution >= 0.6 is 0 Å². The van der Waals surface area contributed by atoms with Crippen LogP contribution in [0.2, 0.25) is 0 Å². The zero-order valence-corrected chi connectivity index (χ0v) is 48.9. The first-order valence-electron chi connectivity index (χ1n) is 29.2. The standard InChI is InChI=1S/C38H36O5.C38H34O5/c2*1-26-18-31(19-34(27(26)2)41-24-29-14-8-4-9-15-29)35-22-33(39)38-36(42-25-30-16-10-5-11-17-30)20-32(21-37(38)43-35)40-23-28-12-6-3-7-13-28/h3-21,33,35,39H,22-25H2,1-2H3;3-21,35H,22-25H2,1-2H3/t33?,35-;/m0./s1. The van der Waals surface area contributed by atoms with Crippen molar-refractivity contribution in [1.29, 1.82) is 0 Å². The number of aliphatic hydroxyl groups is 1. The fourth-order valence-corrected chi connectivity index (χ4v) is 10.5. The zero-order chi connectivity index (χ0) is 59.2. The summed E-state index contributed by atoms with van der Waals surface area (Å²) in [6, 6.07) is 75.6. The first kappa shape index (κ1) is 58.0. The summed E-state index contributed by atoms with van der Waals surface area (Å²) in [5.74, 6) is 4.79. The lowest BCUT2D eigenvalue weighted by Crippen LogP contribution is -2.22. The van der Waals surface area contributed by atoms with Gasteiger partial charge in [0.2, 0.25) is 0 Å². The molecule has 434 valence electrons. The molecule has 10 aromatic rings. The number of hydrogen-bond acceptors (Lipinski definition) is 10. The summed E-state index contributed by atoms with van der Waals surface area (Å²) in [7, 11) is 0. The van der Waals surface area contributed by atoms with Gasteiger partial charge in [0, 0.05) is 30.7 Å². The van der Waals surface area contributed by atoms with E-state index in [2.05, 4.69) is 45.0 Å². The van der Waals surface area contributed by atoms with E-state index in [0.29, 0.717) is 91.7 Å². The number of ketones is 1. The number of ether oxygens (including phenoxy) is 8. The summed E-state index contributed by atoms with van der Waals surface area (Å²) in [4.78, 5) is 13.7. The number of fused-ring (bicyclic) bond motifs is 2. The SMILES string of the molecule is Cc1cc(C2CC(=O)c3c(OCc4ccccc4)cc(OCc4ccccc4)cc3O2)cc(OCc2ccccc2)c1C.Cc1cc([C@@H]2CC(O)c3c(OCc4ccccc4)cc(OCc4ccccc4)cc3O2)cc(OCc2ccccc2)c1C. The molecule has 0 aliphatic carbocycles. The van der Waals surface area contributed by atoms with E-state index in [4.69, 9.17) is 37.9 Å². The fourth-order valence-electron chi connectivity index (χ4n) is 10.5. The molecule has 2 unspecified atom stereocenters. The minimum Gasteiger partial charge on any atom is -0.489 e. The number of benzene rings is 10. The van der Waals surface area contributed by atoms with Gasteiger partial charge in [-0.25, -0.2) is 0 Å². The van der Waals surface area contributed by atoms with Gasteiger partial charge < -0.3 is 43.0 Å². The van der Waals surface area contributed by atoms with E-state index in [1.807, 2.05) is 201 Å². The molecule has 3 atom stereocenters. The Bertz CT molecular complexity index is 3860. The van der Waals surface area contributed by atoms with Crippen molar-refractivity contribution in [3.63, 3.8) is 0 Å². The molecule has 2 aliphatic heterocycles. The van der Waals surface area contributed by atoms with Gasteiger partial charge in [-0.3, -0.25) is 4.79 Å². The molecule has 12 rings (SSSR count). The van der Waals surface area contributed by atoms with Crippen LogP contribution in [0.4, 0.5) is 0 Å².